The van der Waals surface area contributed by atoms with E-state index in [4.69, 9.17) is 9.15 Å². The first-order chi connectivity index (χ1) is 12.2. The van der Waals surface area contributed by atoms with Crippen LogP contribution in [0.25, 0.3) is 11.5 Å². The number of carbonyl (C=O) groups is 1. The van der Waals surface area contributed by atoms with Crippen LogP contribution in [0.4, 0.5) is 0 Å². The van der Waals surface area contributed by atoms with Gasteiger partial charge in [-0.3, -0.25) is 4.79 Å². The summed E-state index contributed by atoms with van der Waals surface area (Å²) >= 11 is 0. The molecule has 1 aromatic carbocycles. The number of amides is 1. The highest BCUT2D eigenvalue weighted by Crippen LogP contribution is 2.24. The first kappa shape index (κ1) is 17.5. The number of aryl methyl sites for hydroxylation is 2. The molecule has 3 rings (SSSR count). The Bertz CT molecular complexity index is 700. The summed E-state index contributed by atoms with van der Waals surface area (Å²) in [5.41, 5.74) is 1.86. The van der Waals surface area contributed by atoms with Gasteiger partial charge in [0.2, 0.25) is 11.8 Å². The maximum absolute atomic E-state index is 12.0. The van der Waals surface area contributed by atoms with Crippen LogP contribution in [0.3, 0.4) is 0 Å². The van der Waals surface area contributed by atoms with Gasteiger partial charge in [0.1, 0.15) is 11.5 Å². The highest BCUT2D eigenvalue weighted by atomic mass is 16.5. The topological polar surface area (TPSA) is 64.4 Å². The average Bonchev–Trinajstić information content (AvgIpc) is 3.25. The smallest absolute Gasteiger partial charge is 0.226 e. The van der Waals surface area contributed by atoms with Crippen LogP contribution in [0.1, 0.15) is 50.0 Å². The van der Waals surface area contributed by atoms with Crippen molar-refractivity contribution < 1.29 is 13.9 Å². The minimum atomic E-state index is 0.156. The van der Waals surface area contributed by atoms with Crippen molar-refractivity contribution in [3.63, 3.8) is 0 Å². The third kappa shape index (κ3) is 4.62. The van der Waals surface area contributed by atoms with Gasteiger partial charge in [-0.05, 0) is 56.9 Å². The zero-order valence-corrected chi connectivity index (χ0v) is 15.0. The van der Waals surface area contributed by atoms with Gasteiger partial charge in [0.25, 0.3) is 0 Å². The van der Waals surface area contributed by atoms with Crippen LogP contribution in [-0.4, -0.2) is 24.0 Å². The van der Waals surface area contributed by atoms with Gasteiger partial charge in [-0.2, -0.15) is 0 Å². The lowest BCUT2D eigenvalue weighted by atomic mass is 10.1. The van der Waals surface area contributed by atoms with Crippen LogP contribution in [0.2, 0.25) is 0 Å². The van der Waals surface area contributed by atoms with Crippen molar-refractivity contribution in [1.29, 1.82) is 0 Å². The van der Waals surface area contributed by atoms with Crippen molar-refractivity contribution in [2.45, 2.75) is 57.9 Å². The molecule has 1 N–H and O–H groups in total. The monoisotopic (exact) mass is 342 g/mol. The molecule has 25 heavy (non-hydrogen) atoms. The molecule has 0 radical (unpaired) electrons. The van der Waals surface area contributed by atoms with Gasteiger partial charge in [-0.15, -0.1) is 0 Å². The summed E-state index contributed by atoms with van der Waals surface area (Å²) in [5, 5.41) is 3.13. The predicted molar refractivity (Wildman–Crippen MR) is 96.6 cm³/mol. The first-order valence-electron chi connectivity index (χ1n) is 9.06. The normalized spacial score (nSPS) is 14.6. The second kappa shape index (κ2) is 8.19. The van der Waals surface area contributed by atoms with E-state index < -0.39 is 0 Å². The van der Waals surface area contributed by atoms with E-state index >= 15 is 0 Å². The van der Waals surface area contributed by atoms with Gasteiger partial charge < -0.3 is 14.5 Å². The minimum Gasteiger partial charge on any atom is -0.497 e. The number of oxazole rings is 1. The van der Waals surface area contributed by atoms with E-state index in [1.54, 1.807) is 7.11 Å². The molecule has 0 unspecified atom stereocenters. The molecule has 0 spiro atoms. The molecular formula is C20H26N2O3. The SMILES string of the molecule is COc1ccc(-c2nc(CCCC(=O)NC3CCCC3)c(C)o2)cc1. The summed E-state index contributed by atoms with van der Waals surface area (Å²) in [6, 6.07) is 8.04. The quantitative estimate of drug-likeness (QED) is 0.825. The minimum absolute atomic E-state index is 0.156. The number of aromatic nitrogens is 1. The Labute approximate surface area is 148 Å². The summed E-state index contributed by atoms with van der Waals surface area (Å²) in [6.07, 6.45) is 6.80. The summed E-state index contributed by atoms with van der Waals surface area (Å²) < 4.78 is 11.0. The average molecular weight is 342 g/mol. The molecule has 5 nitrogen and oxygen atoms in total. The van der Waals surface area contributed by atoms with Crippen molar-refractivity contribution in [2.24, 2.45) is 0 Å². The molecule has 134 valence electrons. The van der Waals surface area contributed by atoms with Gasteiger partial charge in [0, 0.05) is 18.0 Å². The van der Waals surface area contributed by atoms with Gasteiger partial charge in [0.05, 0.1) is 12.8 Å². The predicted octanol–water partition coefficient (Wildman–Crippen LogP) is 4.04. The second-order valence-corrected chi connectivity index (χ2v) is 6.65. The van der Waals surface area contributed by atoms with Crippen molar-refractivity contribution in [3.8, 4) is 17.2 Å². The van der Waals surface area contributed by atoms with Crippen molar-refractivity contribution in [1.82, 2.24) is 10.3 Å². The highest BCUT2D eigenvalue weighted by Gasteiger charge is 2.17. The molecule has 2 aromatic rings. The molecule has 1 heterocycles. The fourth-order valence-electron chi connectivity index (χ4n) is 3.30. The van der Waals surface area contributed by atoms with Crippen LogP contribution in [0, 0.1) is 6.92 Å². The molecule has 1 fully saturated rings. The molecule has 1 aromatic heterocycles. The third-order valence-electron chi connectivity index (χ3n) is 4.77. The molecular weight excluding hydrogens is 316 g/mol. The molecule has 0 aliphatic heterocycles. The molecule has 1 aliphatic rings. The van der Waals surface area contributed by atoms with E-state index in [2.05, 4.69) is 10.3 Å². The van der Waals surface area contributed by atoms with E-state index in [0.29, 0.717) is 18.4 Å². The molecule has 1 aliphatic carbocycles. The molecule has 5 heteroatoms. The Kier molecular flexibility index (Phi) is 5.74. The zero-order valence-electron chi connectivity index (χ0n) is 15.0. The fraction of sp³-hybridized carbons (Fsp3) is 0.500. The Morgan fingerprint density at radius 3 is 2.68 bits per heavy atom. The lowest BCUT2D eigenvalue weighted by molar-refractivity contribution is -0.121. The van der Waals surface area contributed by atoms with E-state index in [1.807, 2.05) is 31.2 Å². The van der Waals surface area contributed by atoms with Crippen molar-refractivity contribution in [3.05, 3.63) is 35.7 Å². The lowest BCUT2D eigenvalue weighted by Crippen LogP contribution is -2.32. The van der Waals surface area contributed by atoms with E-state index in [1.165, 1.54) is 12.8 Å². The molecule has 0 atom stereocenters. The number of carbonyl (C=O) groups excluding carboxylic acids is 1. The number of methoxy groups -OCH3 is 1. The van der Waals surface area contributed by atoms with Gasteiger partial charge in [-0.25, -0.2) is 4.98 Å². The molecule has 1 saturated carbocycles. The number of hydrogen-bond donors (Lipinski definition) is 1. The Morgan fingerprint density at radius 2 is 2.00 bits per heavy atom. The van der Waals surface area contributed by atoms with Gasteiger partial charge in [-0.1, -0.05) is 12.8 Å². The Hall–Kier alpha value is -2.30. The Morgan fingerprint density at radius 1 is 1.28 bits per heavy atom. The number of nitrogens with one attached hydrogen (secondary N) is 1. The van der Waals surface area contributed by atoms with E-state index in [-0.39, 0.29) is 5.91 Å². The lowest BCUT2D eigenvalue weighted by Gasteiger charge is -2.11. The van der Waals surface area contributed by atoms with Crippen LogP contribution < -0.4 is 10.1 Å². The maximum atomic E-state index is 12.0. The molecule has 1 amide bonds. The van der Waals surface area contributed by atoms with Crippen LogP contribution in [0.15, 0.2) is 28.7 Å². The first-order valence-corrected chi connectivity index (χ1v) is 9.06. The third-order valence-corrected chi connectivity index (χ3v) is 4.77. The number of rotatable bonds is 7. The number of nitrogens with zero attached hydrogens (tertiary/aromatic N) is 1. The standard InChI is InChI=1S/C20H26N2O3/c1-14-18(8-5-9-19(23)21-16-6-3-4-7-16)22-20(25-14)15-10-12-17(24-2)13-11-15/h10-13,16H,3-9H2,1-2H3,(H,21,23). The van der Waals surface area contributed by atoms with Gasteiger partial charge in [0.15, 0.2) is 0 Å². The van der Waals surface area contributed by atoms with Crippen molar-refractivity contribution >= 4 is 5.91 Å². The summed E-state index contributed by atoms with van der Waals surface area (Å²) in [4.78, 5) is 16.6. The Balaban J connectivity index is 1.52. The summed E-state index contributed by atoms with van der Waals surface area (Å²) in [7, 11) is 1.64. The highest BCUT2D eigenvalue weighted by molar-refractivity contribution is 5.76. The van der Waals surface area contributed by atoms with Crippen molar-refractivity contribution in [2.75, 3.05) is 7.11 Å². The molecule has 0 bridgehead atoms. The molecule has 0 saturated heterocycles. The van der Waals surface area contributed by atoms with Crippen LogP contribution in [0.5, 0.6) is 5.75 Å². The number of ether oxygens (including phenoxy) is 1. The maximum Gasteiger partial charge on any atom is 0.226 e. The number of hydrogen-bond acceptors (Lipinski definition) is 4. The van der Waals surface area contributed by atoms with Crippen LogP contribution >= 0.6 is 0 Å². The number of benzene rings is 1. The zero-order chi connectivity index (χ0) is 17.6. The largest absolute Gasteiger partial charge is 0.497 e. The van der Waals surface area contributed by atoms with Gasteiger partial charge >= 0.3 is 0 Å². The second-order valence-electron chi connectivity index (χ2n) is 6.65. The summed E-state index contributed by atoms with van der Waals surface area (Å²) in [6.45, 7) is 1.92. The van der Waals surface area contributed by atoms with E-state index in [9.17, 15) is 4.79 Å². The summed E-state index contributed by atoms with van der Waals surface area (Å²) in [5.74, 6) is 2.40. The fourth-order valence-corrected chi connectivity index (χ4v) is 3.30. The van der Waals surface area contributed by atoms with E-state index in [0.717, 1.165) is 48.5 Å². The van der Waals surface area contributed by atoms with Crippen LogP contribution in [-0.2, 0) is 11.2 Å².